The number of fused-ring (bicyclic) bond motifs is 1. The van der Waals surface area contributed by atoms with Crippen LogP contribution in [-0.4, -0.2) is 25.5 Å². The fourth-order valence-electron chi connectivity index (χ4n) is 2.93. The largest absolute Gasteiger partial charge is 0.506 e. The summed E-state index contributed by atoms with van der Waals surface area (Å²) in [6.07, 6.45) is 1.71. The maximum Gasteiger partial charge on any atom is 0.255 e. The van der Waals surface area contributed by atoms with Crippen LogP contribution in [0.3, 0.4) is 0 Å². The van der Waals surface area contributed by atoms with Crippen molar-refractivity contribution in [3.63, 3.8) is 0 Å². The van der Waals surface area contributed by atoms with Gasteiger partial charge in [0.1, 0.15) is 11.4 Å². The number of anilines is 1. The number of nitrogens with one attached hydrogen (secondary N) is 1. The molecule has 134 valence electrons. The molecule has 0 aliphatic rings. The first-order chi connectivity index (χ1) is 13.1. The Hall–Kier alpha value is -3.67. The van der Waals surface area contributed by atoms with Gasteiger partial charge in [-0.2, -0.15) is 0 Å². The number of aryl methyl sites for hydroxylation is 1. The van der Waals surface area contributed by atoms with Gasteiger partial charge in [0.25, 0.3) is 5.91 Å². The Kier molecular flexibility index (Phi) is 4.30. The molecule has 0 bridgehead atoms. The van der Waals surface area contributed by atoms with E-state index in [1.54, 1.807) is 30.6 Å². The molecule has 6 nitrogen and oxygen atoms in total. The first-order valence-electron chi connectivity index (χ1n) is 8.57. The van der Waals surface area contributed by atoms with Crippen LogP contribution in [0.15, 0.2) is 67.0 Å². The minimum absolute atomic E-state index is 0.149. The van der Waals surface area contributed by atoms with Gasteiger partial charge in [-0.25, -0.2) is 4.98 Å². The topological polar surface area (TPSA) is 80.0 Å². The van der Waals surface area contributed by atoms with Gasteiger partial charge in [-0.05, 0) is 49.4 Å². The second-order valence-electron chi connectivity index (χ2n) is 6.31. The Morgan fingerprint density at radius 1 is 1.11 bits per heavy atom. The maximum atomic E-state index is 12.4. The molecular formula is C21H18N4O2. The monoisotopic (exact) mass is 358 g/mol. The van der Waals surface area contributed by atoms with Crippen LogP contribution in [0.4, 0.5) is 5.69 Å². The molecule has 0 aliphatic carbocycles. The third-order valence-electron chi connectivity index (χ3n) is 4.32. The molecule has 0 aliphatic heterocycles. The van der Waals surface area contributed by atoms with Crippen molar-refractivity contribution < 1.29 is 9.90 Å². The van der Waals surface area contributed by atoms with Gasteiger partial charge in [0.15, 0.2) is 0 Å². The predicted molar refractivity (Wildman–Crippen MR) is 104 cm³/mol. The van der Waals surface area contributed by atoms with E-state index in [0.717, 1.165) is 16.7 Å². The normalized spacial score (nSPS) is 10.9. The van der Waals surface area contributed by atoms with E-state index in [1.165, 1.54) is 0 Å². The second-order valence-corrected chi connectivity index (χ2v) is 6.31. The fraction of sp³-hybridized carbons (Fsp3) is 0.0952. The van der Waals surface area contributed by atoms with Crippen molar-refractivity contribution in [2.24, 2.45) is 0 Å². The Morgan fingerprint density at radius 2 is 1.93 bits per heavy atom. The van der Waals surface area contributed by atoms with Crippen LogP contribution < -0.4 is 5.32 Å². The van der Waals surface area contributed by atoms with Gasteiger partial charge in [-0.1, -0.05) is 18.2 Å². The summed E-state index contributed by atoms with van der Waals surface area (Å²) in [6, 6.07) is 18.0. The number of amides is 1. The van der Waals surface area contributed by atoms with E-state index in [4.69, 9.17) is 0 Å². The molecule has 0 radical (unpaired) electrons. The lowest BCUT2D eigenvalue weighted by atomic mass is 10.2. The Morgan fingerprint density at radius 3 is 2.74 bits per heavy atom. The molecule has 2 aromatic carbocycles. The summed E-state index contributed by atoms with van der Waals surface area (Å²) in [6.45, 7) is 2.27. The van der Waals surface area contributed by atoms with Crippen LogP contribution in [0.5, 0.6) is 5.75 Å². The van der Waals surface area contributed by atoms with Gasteiger partial charge in [-0.3, -0.25) is 9.78 Å². The summed E-state index contributed by atoms with van der Waals surface area (Å²) in [5.74, 6) is -0.0185. The average molecular weight is 358 g/mol. The molecule has 27 heavy (non-hydrogen) atoms. The van der Waals surface area contributed by atoms with Gasteiger partial charge in [0.2, 0.25) is 0 Å². The van der Waals surface area contributed by atoms with Crippen molar-refractivity contribution in [3.8, 4) is 5.75 Å². The molecule has 2 heterocycles. The van der Waals surface area contributed by atoms with Crippen molar-refractivity contribution >= 4 is 22.6 Å². The Labute approximate surface area is 156 Å². The molecule has 0 fully saturated rings. The lowest BCUT2D eigenvalue weighted by Gasteiger charge is -2.09. The van der Waals surface area contributed by atoms with E-state index in [2.05, 4.69) is 15.3 Å². The minimum atomic E-state index is -0.168. The lowest BCUT2D eigenvalue weighted by Crippen LogP contribution is -2.11. The third kappa shape index (κ3) is 3.50. The molecule has 4 aromatic rings. The van der Waals surface area contributed by atoms with Crippen molar-refractivity contribution in [1.82, 2.24) is 14.5 Å². The second kappa shape index (κ2) is 6.92. The van der Waals surface area contributed by atoms with Crippen molar-refractivity contribution in [3.05, 3.63) is 83.9 Å². The summed E-state index contributed by atoms with van der Waals surface area (Å²) >= 11 is 0. The van der Waals surface area contributed by atoms with Gasteiger partial charge in [-0.15, -0.1) is 0 Å². The molecule has 0 saturated carbocycles. The first-order valence-corrected chi connectivity index (χ1v) is 8.57. The number of carbonyl (C=O) groups excluding carboxylic acids is 1. The quantitative estimate of drug-likeness (QED) is 0.582. The number of hydrogen-bond donors (Lipinski definition) is 2. The zero-order chi connectivity index (χ0) is 18.8. The number of hydrogen-bond acceptors (Lipinski definition) is 4. The first kappa shape index (κ1) is 16.8. The number of rotatable bonds is 4. The number of benzene rings is 2. The summed E-state index contributed by atoms with van der Waals surface area (Å²) in [4.78, 5) is 21.2. The van der Waals surface area contributed by atoms with E-state index < -0.39 is 0 Å². The van der Waals surface area contributed by atoms with Gasteiger partial charge in [0, 0.05) is 16.9 Å². The van der Waals surface area contributed by atoms with Crippen LogP contribution in [0.1, 0.15) is 21.7 Å². The SMILES string of the molecule is Cc1ccc(O)c(Cn2cnc3ccc(NC(=O)c4ccccc4)cc32)n1. The van der Waals surface area contributed by atoms with Crippen molar-refractivity contribution in [2.75, 3.05) is 5.32 Å². The predicted octanol–water partition coefficient (Wildman–Crippen LogP) is 3.75. The Balaban J connectivity index is 1.63. The number of aromatic nitrogens is 3. The summed E-state index contributed by atoms with van der Waals surface area (Å²) in [7, 11) is 0. The molecule has 0 spiro atoms. The summed E-state index contributed by atoms with van der Waals surface area (Å²) < 4.78 is 1.90. The Bertz CT molecular complexity index is 1120. The molecule has 1 amide bonds. The zero-order valence-electron chi connectivity index (χ0n) is 14.8. The summed E-state index contributed by atoms with van der Waals surface area (Å²) in [5.41, 5.74) is 4.35. The maximum absolute atomic E-state index is 12.4. The highest BCUT2D eigenvalue weighted by Gasteiger charge is 2.10. The number of carbonyl (C=O) groups is 1. The average Bonchev–Trinajstić information content (AvgIpc) is 3.07. The summed E-state index contributed by atoms with van der Waals surface area (Å²) in [5, 5.41) is 13.0. The number of nitrogens with zero attached hydrogens (tertiary/aromatic N) is 3. The highest BCUT2D eigenvalue weighted by atomic mass is 16.3. The minimum Gasteiger partial charge on any atom is -0.506 e. The fourth-order valence-corrected chi connectivity index (χ4v) is 2.93. The van der Waals surface area contributed by atoms with E-state index in [1.807, 2.05) is 47.9 Å². The van der Waals surface area contributed by atoms with Crippen LogP contribution in [-0.2, 0) is 6.54 Å². The van der Waals surface area contributed by atoms with Crippen LogP contribution in [0.25, 0.3) is 11.0 Å². The number of aromatic hydroxyl groups is 1. The van der Waals surface area contributed by atoms with E-state index in [-0.39, 0.29) is 11.7 Å². The van der Waals surface area contributed by atoms with E-state index in [0.29, 0.717) is 23.5 Å². The number of imidazole rings is 1. The highest BCUT2D eigenvalue weighted by molar-refractivity contribution is 6.04. The molecule has 2 N–H and O–H groups in total. The smallest absolute Gasteiger partial charge is 0.255 e. The van der Waals surface area contributed by atoms with Gasteiger partial charge < -0.3 is 15.0 Å². The lowest BCUT2D eigenvalue weighted by molar-refractivity contribution is 0.102. The molecule has 0 unspecified atom stereocenters. The van der Waals surface area contributed by atoms with Crippen molar-refractivity contribution in [2.45, 2.75) is 13.5 Å². The molecule has 4 rings (SSSR count). The van der Waals surface area contributed by atoms with E-state index in [9.17, 15) is 9.90 Å². The number of pyridine rings is 1. The zero-order valence-corrected chi connectivity index (χ0v) is 14.8. The van der Waals surface area contributed by atoms with Gasteiger partial charge >= 0.3 is 0 Å². The molecule has 0 saturated heterocycles. The molecule has 6 heteroatoms. The van der Waals surface area contributed by atoms with Gasteiger partial charge in [0.05, 0.1) is 23.9 Å². The van der Waals surface area contributed by atoms with E-state index >= 15 is 0 Å². The van der Waals surface area contributed by atoms with Crippen LogP contribution in [0, 0.1) is 6.92 Å². The third-order valence-corrected chi connectivity index (χ3v) is 4.32. The van der Waals surface area contributed by atoms with Crippen molar-refractivity contribution in [1.29, 1.82) is 0 Å². The van der Waals surface area contributed by atoms with Crippen LogP contribution >= 0.6 is 0 Å². The molecule has 2 aromatic heterocycles. The standard InChI is InChI=1S/C21H18N4O2/c1-14-7-10-20(26)18(23-14)12-25-13-22-17-9-8-16(11-19(17)25)24-21(27)15-5-3-2-4-6-15/h2-11,13,26H,12H2,1H3,(H,24,27). The highest BCUT2D eigenvalue weighted by Crippen LogP contribution is 2.22. The van der Waals surface area contributed by atoms with Crippen LogP contribution in [0.2, 0.25) is 0 Å². The molecule has 0 atom stereocenters. The molecular weight excluding hydrogens is 340 g/mol.